The number of halogens is 1. The van der Waals surface area contributed by atoms with Crippen LogP contribution in [0.5, 0.6) is 0 Å². The molecule has 2 N–H and O–H groups in total. The van der Waals surface area contributed by atoms with Gasteiger partial charge in [0.25, 0.3) is 0 Å². The van der Waals surface area contributed by atoms with Crippen molar-refractivity contribution in [2.45, 2.75) is 50.0 Å². The summed E-state index contributed by atoms with van der Waals surface area (Å²) in [6.07, 6.45) is 1.99. The van der Waals surface area contributed by atoms with Gasteiger partial charge < -0.3 is 14.7 Å². The van der Waals surface area contributed by atoms with Gasteiger partial charge in [0.15, 0.2) is 5.82 Å². The van der Waals surface area contributed by atoms with Gasteiger partial charge in [0.2, 0.25) is 0 Å². The van der Waals surface area contributed by atoms with E-state index in [0.29, 0.717) is 23.7 Å². The number of aryl methyl sites for hydroxylation is 1. The van der Waals surface area contributed by atoms with Gasteiger partial charge in [-0.1, -0.05) is 47.1 Å². The molecule has 1 aliphatic carbocycles. The van der Waals surface area contributed by atoms with Crippen molar-refractivity contribution in [1.82, 2.24) is 15.0 Å². The van der Waals surface area contributed by atoms with Gasteiger partial charge in [0, 0.05) is 42.3 Å². The molecule has 1 amide bonds. The summed E-state index contributed by atoms with van der Waals surface area (Å²) in [6, 6.07) is 15.2. The van der Waals surface area contributed by atoms with Crippen LogP contribution in [0.1, 0.15) is 61.4 Å². The monoisotopic (exact) mass is 523 g/mol. The Labute approximate surface area is 220 Å². The largest absolute Gasteiger partial charge is 0.481 e. The van der Waals surface area contributed by atoms with Crippen molar-refractivity contribution in [3.8, 4) is 0 Å². The van der Waals surface area contributed by atoms with Crippen LogP contribution in [0.4, 0.5) is 16.3 Å². The standard InChI is InChI=1S/C27H30ClN5O4/c1-17(21-5-3-4-6-22(21)28)37-26(36)29-24-23(30-31-32(24)2)18-11-15-33(16-12-18)20-9-7-19(8-10-20)27(13-14-27)25(34)35/h3-10,17-18H,11-16H2,1-2H3,(H,29,36)(H,34,35)/t17-/m1/s1. The SMILES string of the molecule is C[C@@H](OC(=O)Nc1c(C2CCN(c3ccc(C4(C(=O)O)CC4)cc3)CC2)nnn1C)c1ccccc1Cl. The predicted octanol–water partition coefficient (Wildman–Crippen LogP) is 5.28. The first-order valence-corrected chi connectivity index (χ1v) is 12.9. The van der Waals surface area contributed by atoms with Crippen molar-refractivity contribution in [3.05, 3.63) is 70.4 Å². The van der Waals surface area contributed by atoms with E-state index in [1.165, 1.54) is 0 Å². The molecule has 10 heteroatoms. The van der Waals surface area contributed by atoms with Gasteiger partial charge in [-0.15, -0.1) is 5.10 Å². The van der Waals surface area contributed by atoms with Crippen LogP contribution in [0.25, 0.3) is 0 Å². The van der Waals surface area contributed by atoms with Crippen LogP contribution in [0.2, 0.25) is 5.02 Å². The van der Waals surface area contributed by atoms with Gasteiger partial charge in [-0.2, -0.15) is 0 Å². The number of aliphatic carboxylic acids is 1. The highest BCUT2D eigenvalue weighted by atomic mass is 35.5. The Hall–Kier alpha value is -3.59. The molecule has 1 saturated heterocycles. The summed E-state index contributed by atoms with van der Waals surface area (Å²) in [5, 5.41) is 21.4. The van der Waals surface area contributed by atoms with Gasteiger partial charge in [0.05, 0.1) is 5.41 Å². The molecule has 3 aromatic rings. The minimum absolute atomic E-state index is 0.141. The summed E-state index contributed by atoms with van der Waals surface area (Å²) >= 11 is 6.23. The summed E-state index contributed by atoms with van der Waals surface area (Å²) in [7, 11) is 1.74. The molecular weight excluding hydrogens is 494 g/mol. The average molecular weight is 524 g/mol. The van der Waals surface area contributed by atoms with Crippen LogP contribution in [-0.2, 0) is 22.0 Å². The Morgan fingerprint density at radius 1 is 1.14 bits per heavy atom. The van der Waals surface area contributed by atoms with Gasteiger partial charge in [-0.25, -0.2) is 9.48 Å². The number of rotatable bonds is 7. The second-order valence-corrected chi connectivity index (χ2v) is 10.2. The molecule has 2 fully saturated rings. The normalized spacial score (nSPS) is 17.8. The first-order valence-electron chi connectivity index (χ1n) is 12.5. The number of anilines is 2. The average Bonchev–Trinajstić information content (AvgIpc) is 3.64. The Kier molecular flexibility index (Phi) is 6.81. The molecule has 37 heavy (non-hydrogen) atoms. The summed E-state index contributed by atoms with van der Waals surface area (Å²) in [6.45, 7) is 3.41. The topological polar surface area (TPSA) is 110 Å². The molecule has 0 spiro atoms. The van der Waals surface area contributed by atoms with E-state index < -0.39 is 23.6 Å². The molecule has 1 aliphatic heterocycles. The second kappa shape index (κ2) is 10.0. The molecule has 1 saturated carbocycles. The fourth-order valence-corrected chi connectivity index (χ4v) is 5.39. The van der Waals surface area contributed by atoms with Crippen molar-refractivity contribution < 1.29 is 19.4 Å². The number of hydrogen-bond acceptors (Lipinski definition) is 6. The van der Waals surface area contributed by atoms with Crippen LogP contribution in [-0.4, -0.2) is 45.3 Å². The number of amides is 1. The summed E-state index contributed by atoms with van der Waals surface area (Å²) in [5.74, 6) is -0.0681. The zero-order chi connectivity index (χ0) is 26.2. The number of nitrogens with one attached hydrogen (secondary N) is 1. The van der Waals surface area contributed by atoms with Crippen molar-refractivity contribution in [3.63, 3.8) is 0 Å². The molecule has 194 valence electrons. The van der Waals surface area contributed by atoms with Gasteiger partial charge in [-0.3, -0.25) is 10.1 Å². The van der Waals surface area contributed by atoms with E-state index >= 15 is 0 Å². The molecule has 2 heterocycles. The predicted molar refractivity (Wildman–Crippen MR) is 140 cm³/mol. The Balaban J connectivity index is 1.20. The molecule has 0 unspecified atom stereocenters. The van der Waals surface area contributed by atoms with E-state index in [9.17, 15) is 14.7 Å². The quantitative estimate of drug-likeness (QED) is 0.433. The first kappa shape index (κ1) is 25.1. The first-order chi connectivity index (χ1) is 17.8. The fraction of sp³-hybridized carbons (Fsp3) is 0.407. The molecule has 0 bridgehead atoms. The number of carboxylic acid groups (broad SMARTS) is 1. The van der Waals surface area contributed by atoms with Crippen molar-refractivity contribution in [1.29, 1.82) is 0 Å². The number of piperidine rings is 1. The maximum Gasteiger partial charge on any atom is 0.413 e. The third kappa shape index (κ3) is 5.00. The number of aromatic nitrogens is 3. The lowest BCUT2D eigenvalue weighted by atomic mass is 9.92. The number of ether oxygens (including phenoxy) is 1. The van der Waals surface area contributed by atoms with Gasteiger partial charge in [0.1, 0.15) is 11.8 Å². The maximum absolute atomic E-state index is 12.7. The number of benzene rings is 2. The molecule has 5 rings (SSSR count). The minimum atomic E-state index is -0.739. The van der Waals surface area contributed by atoms with Crippen LogP contribution < -0.4 is 10.2 Å². The third-order valence-corrected chi connectivity index (χ3v) is 7.87. The van der Waals surface area contributed by atoms with E-state index in [4.69, 9.17) is 16.3 Å². The highest BCUT2D eigenvalue weighted by Gasteiger charge is 2.51. The van der Waals surface area contributed by atoms with Crippen molar-refractivity contribution in [2.24, 2.45) is 7.05 Å². The lowest BCUT2D eigenvalue weighted by Crippen LogP contribution is -2.33. The lowest BCUT2D eigenvalue weighted by molar-refractivity contribution is -0.140. The van der Waals surface area contributed by atoms with E-state index in [1.54, 1.807) is 24.7 Å². The Morgan fingerprint density at radius 2 is 1.81 bits per heavy atom. The Morgan fingerprint density at radius 3 is 2.43 bits per heavy atom. The number of carbonyl (C=O) groups excluding carboxylic acids is 1. The minimum Gasteiger partial charge on any atom is -0.481 e. The van der Waals surface area contributed by atoms with E-state index in [-0.39, 0.29) is 5.92 Å². The third-order valence-electron chi connectivity index (χ3n) is 7.53. The molecular formula is C27H30ClN5O4. The van der Waals surface area contributed by atoms with Gasteiger partial charge in [-0.05, 0) is 56.4 Å². The summed E-state index contributed by atoms with van der Waals surface area (Å²) in [4.78, 5) is 26.6. The number of carbonyl (C=O) groups is 2. The second-order valence-electron chi connectivity index (χ2n) is 9.84. The van der Waals surface area contributed by atoms with Crippen LogP contribution in [0, 0.1) is 0 Å². The highest BCUT2D eigenvalue weighted by molar-refractivity contribution is 6.31. The Bertz CT molecular complexity index is 1300. The zero-order valence-corrected chi connectivity index (χ0v) is 21.6. The fourth-order valence-electron chi connectivity index (χ4n) is 5.10. The number of hydrogen-bond donors (Lipinski definition) is 2. The molecule has 9 nitrogen and oxygen atoms in total. The molecule has 2 aliphatic rings. The lowest BCUT2D eigenvalue weighted by Gasteiger charge is -2.33. The summed E-state index contributed by atoms with van der Waals surface area (Å²) < 4.78 is 7.12. The summed E-state index contributed by atoms with van der Waals surface area (Å²) in [5.41, 5.74) is 2.76. The highest BCUT2D eigenvalue weighted by Crippen LogP contribution is 2.48. The number of carboxylic acids is 1. The molecule has 2 aromatic carbocycles. The molecule has 0 radical (unpaired) electrons. The van der Waals surface area contributed by atoms with E-state index in [1.807, 2.05) is 42.5 Å². The van der Waals surface area contributed by atoms with E-state index in [0.717, 1.165) is 48.4 Å². The maximum atomic E-state index is 12.7. The van der Waals surface area contributed by atoms with Crippen LogP contribution >= 0.6 is 11.6 Å². The van der Waals surface area contributed by atoms with E-state index in [2.05, 4.69) is 20.5 Å². The molecule has 1 aromatic heterocycles. The van der Waals surface area contributed by atoms with Gasteiger partial charge >= 0.3 is 12.1 Å². The van der Waals surface area contributed by atoms with Crippen LogP contribution in [0.15, 0.2) is 48.5 Å². The zero-order valence-electron chi connectivity index (χ0n) is 20.9. The van der Waals surface area contributed by atoms with Crippen molar-refractivity contribution >= 4 is 35.2 Å². The van der Waals surface area contributed by atoms with Crippen molar-refractivity contribution in [2.75, 3.05) is 23.3 Å². The number of nitrogens with zero attached hydrogens (tertiary/aromatic N) is 4. The molecule has 1 atom stereocenters. The smallest absolute Gasteiger partial charge is 0.413 e. The van der Waals surface area contributed by atoms with Crippen LogP contribution in [0.3, 0.4) is 0 Å².